The lowest BCUT2D eigenvalue weighted by molar-refractivity contribution is -0.130. The Morgan fingerprint density at radius 1 is 1.05 bits per heavy atom. The molecule has 9 heteroatoms. The second-order valence-corrected chi connectivity index (χ2v) is 11.3. The molecule has 3 aromatic carbocycles. The maximum absolute atomic E-state index is 14.0. The quantitative estimate of drug-likeness (QED) is 0.196. The molecule has 1 fully saturated rings. The molecule has 3 N–H and O–H groups in total. The molecule has 7 nitrogen and oxygen atoms in total. The molecular weight excluding hydrogens is 614 g/mol. The van der Waals surface area contributed by atoms with Crippen molar-refractivity contribution in [3.8, 4) is 5.75 Å². The van der Waals surface area contributed by atoms with Gasteiger partial charge in [-0.3, -0.25) is 10.2 Å². The normalized spacial score (nSPS) is 20.5. The summed E-state index contributed by atoms with van der Waals surface area (Å²) in [5.41, 5.74) is 7.39. The van der Waals surface area contributed by atoms with Crippen molar-refractivity contribution in [3.05, 3.63) is 98.4 Å². The van der Waals surface area contributed by atoms with Crippen molar-refractivity contribution in [3.63, 3.8) is 0 Å². The summed E-state index contributed by atoms with van der Waals surface area (Å²) in [5, 5.41) is 9.00. The van der Waals surface area contributed by atoms with Crippen LogP contribution < -0.4 is 15.6 Å². The van der Waals surface area contributed by atoms with Crippen molar-refractivity contribution >= 4 is 43.7 Å². The number of aliphatic imine (C=N–C) groups is 1. The largest absolute Gasteiger partial charge is 0.494 e. The van der Waals surface area contributed by atoms with E-state index in [1.165, 1.54) is 0 Å². The van der Waals surface area contributed by atoms with E-state index in [2.05, 4.69) is 42.7 Å². The number of ether oxygens (including phenoxy) is 2. The highest BCUT2D eigenvalue weighted by molar-refractivity contribution is 9.10. The molecule has 0 bridgehead atoms. The SMILES string of the molecule is O=C(NNC1CC1)[C@@]1(Cc2ccccc2Br)N=C(c2ccc(OCCCO)cc2)O[C@H]1c1ccc(Br)cc1. The zero-order valence-corrected chi connectivity index (χ0v) is 23.9. The predicted molar refractivity (Wildman–Crippen MR) is 153 cm³/mol. The van der Waals surface area contributed by atoms with Crippen LogP contribution in [0.2, 0.25) is 0 Å². The molecule has 1 heterocycles. The number of carbonyl (C=O) groups is 1. The molecule has 1 saturated carbocycles. The van der Waals surface area contributed by atoms with Gasteiger partial charge in [0.1, 0.15) is 5.75 Å². The smallest absolute Gasteiger partial charge is 0.266 e. The number of hydrogen-bond acceptors (Lipinski definition) is 6. The van der Waals surface area contributed by atoms with Crippen molar-refractivity contribution in [1.82, 2.24) is 10.9 Å². The first-order valence-corrected chi connectivity index (χ1v) is 14.2. The minimum atomic E-state index is -1.26. The number of aliphatic hydroxyl groups is 1. The monoisotopic (exact) mass is 641 g/mol. The lowest BCUT2D eigenvalue weighted by Crippen LogP contribution is -2.54. The van der Waals surface area contributed by atoms with Crippen LogP contribution in [-0.4, -0.2) is 41.7 Å². The second-order valence-electron chi connectivity index (χ2n) is 9.48. The third-order valence-corrected chi connectivity index (χ3v) is 7.89. The summed E-state index contributed by atoms with van der Waals surface area (Å²) >= 11 is 7.17. The van der Waals surface area contributed by atoms with Crippen LogP contribution in [0.3, 0.4) is 0 Å². The number of nitrogens with one attached hydrogen (secondary N) is 2. The van der Waals surface area contributed by atoms with Crippen LogP contribution in [0.4, 0.5) is 0 Å². The van der Waals surface area contributed by atoms with Gasteiger partial charge in [0.15, 0.2) is 11.6 Å². The molecule has 5 rings (SSSR count). The molecule has 0 unspecified atom stereocenters. The van der Waals surface area contributed by atoms with Gasteiger partial charge in [-0.25, -0.2) is 10.4 Å². The molecule has 1 amide bonds. The zero-order chi connectivity index (χ0) is 26.5. The number of hydrazine groups is 1. The van der Waals surface area contributed by atoms with Crippen LogP contribution >= 0.6 is 31.9 Å². The fraction of sp³-hybridized carbons (Fsp3) is 0.310. The van der Waals surface area contributed by atoms with E-state index in [4.69, 9.17) is 19.6 Å². The lowest BCUT2D eigenvalue weighted by Gasteiger charge is -2.31. The lowest BCUT2D eigenvalue weighted by atomic mass is 9.82. The Labute approximate surface area is 238 Å². The highest BCUT2D eigenvalue weighted by Gasteiger charge is 2.53. The number of halogens is 2. The predicted octanol–water partition coefficient (Wildman–Crippen LogP) is 5.26. The number of benzene rings is 3. The zero-order valence-electron chi connectivity index (χ0n) is 20.7. The van der Waals surface area contributed by atoms with Crippen LogP contribution in [0.15, 0.2) is 86.7 Å². The summed E-state index contributed by atoms with van der Waals surface area (Å²) in [6.07, 6.45) is 2.31. The van der Waals surface area contributed by atoms with Gasteiger partial charge in [-0.15, -0.1) is 0 Å². The fourth-order valence-electron chi connectivity index (χ4n) is 4.36. The van der Waals surface area contributed by atoms with E-state index in [0.717, 1.165) is 38.5 Å². The van der Waals surface area contributed by atoms with Crippen molar-refractivity contribution < 1.29 is 19.4 Å². The summed E-state index contributed by atoms with van der Waals surface area (Å²) in [7, 11) is 0. The first-order valence-electron chi connectivity index (χ1n) is 12.6. The minimum Gasteiger partial charge on any atom is -0.494 e. The van der Waals surface area contributed by atoms with E-state index < -0.39 is 11.6 Å². The van der Waals surface area contributed by atoms with E-state index in [0.29, 0.717) is 31.1 Å². The fourth-order valence-corrected chi connectivity index (χ4v) is 5.04. The minimum absolute atomic E-state index is 0.0808. The number of amides is 1. The van der Waals surface area contributed by atoms with Gasteiger partial charge in [0.05, 0.1) is 6.61 Å². The van der Waals surface area contributed by atoms with E-state index in [1.807, 2.05) is 72.8 Å². The Kier molecular flexibility index (Phi) is 8.48. The van der Waals surface area contributed by atoms with Crippen molar-refractivity contribution in [2.24, 2.45) is 4.99 Å². The summed E-state index contributed by atoms with van der Waals surface area (Å²) in [6.45, 7) is 0.514. The molecule has 2 aliphatic rings. The number of carbonyl (C=O) groups excluding carboxylic acids is 1. The molecule has 1 aliphatic carbocycles. The molecule has 0 radical (unpaired) electrons. The van der Waals surface area contributed by atoms with Crippen LogP contribution in [0.5, 0.6) is 5.75 Å². The highest BCUT2D eigenvalue weighted by Crippen LogP contribution is 2.43. The van der Waals surface area contributed by atoms with Crippen molar-refractivity contribution in [1.29, 1.82) is 0 Å². The molecule has 0 spiro atoms. The van der Waals surface area contributed by atoms with Crippen LogP contribution in [-0.2, 0) is 16.0 Å². The highest BCUT2D eigenvalue weighted by atomic mass is 79.9. The van der Waals surface area contributed by atoms with Gasteiger partial charge in [0, 0.05) is 40.0 Å². The first-order chi connectivity index (χ1) is 18.5. The summed E-state index contributed by atoms with van der Waals surface area (Å²) < 4.78 is 14.1. The van der Waals surface area contributed by atoms with Gasteiger partial charge in [-0.2, -0.15) is 0 Å². The molecule has 0 saturated heterocycles. The Hall–Kier alpha value is -2.72. The average molecular weight is 643 g/mol. The maximum atomic E-state index is 14.0. The summed E-state index contributed by atoms with van der Waals surface area (Å²) in [4.78, 5) is 19.1. The molecule has 3 aromatic rings. The number of rotatable bonds is 11. The van der Waals surface area contributed by atoms with Gasteiger partial charge in [-0.05, 0) is 66.4 Å². The van der Waals surface area contributed by atoms with Crippen molar-refractivity contribution in [2.75, 3.05) is 13.2 Å². The molecular formula is C29H29Br2N3O4. The Balaban J connectivity index is 1.54. The van der Waals surface area contributed by atoms with Crippen molar-refractivity contribution in [2.45, 2.75) is 43.4 Å². The first kappa shape index (κ1) is 26.9. The maximum Gasteiger partial charge on any atom is 0.266 e. The van der Waals surface area contributed by atoms with Crippen LogP contribution in [0, 0.1) is 0 Å². The molecule has 198 valence electrons. The van der Waals surface area contributed by atoms with Gasteiger partial charge in [0.2, 0.25) is 5.90 Å². The van der Waals surface area contributed by atoms with E-state index >= 15 is 0 Å². The number of hydrogen-bond donors (Lipinski definition) is 3. The topological polar surface area (TPSA) is 92.2 Å². The van der Waals surface area contributed by atoms with Gasteiger partial charge in [0.25, 0.3) is 5.91 Å². The van der Waals surface area contributed by atoms with E-state index in [1.54, 1.807) is 0 Å². The third-order valence-electron chi connectivity index (χ3n) is 6.59. The molecule has 1 aliphatic heterocycles. The third kappa shape index (κ3) is 6.12. The second kappa shape index (κ2) is 12.0. The number of nitrogens with zero attached hydrogens (tertiary/aromatic N) is 1. The Bertz CT molecular complexity index is 1300. The Morgan fingerprint density at radius 3 is 2.47 bits per heavy atom. The van der Waals surface area contributed by atoms with Crippen LogP contribution in [0.25, 0.3) is 0 Å². The van der Waals surface area contributed by atoms with Gasteiger partial charge < -0.3 is 14.6 Å². The van der Waals surface area contributed by atoms with E-state index in [-0.39, 0.29) is 18.6 Å². The van der Waals surface area contributed by atoms with Gasteiger partial charge in [-0.1, -0.05) is 62.2 Å². The molecule has 2 atom stereocenters. The standard InChI is InChI=1S/C29H29Br2N3O4/c30-22-10-6-19(7-11-22)26-29(28(36)34-33-23-12-13-23,18-21-4-1-2-5-25(21)31)32-27(38-26)20-8-14-24(15-9-20)37-17-3-16-35/h1-2,4-11,14-15,23,26,33,35H,3,12-13,16-18H2,(H,34,36)/t26-,29-/m0/s1. The average Bonchev–Trinajstić information content (AvgIpc) is 3.69. The molecule has 0 aromatic heterocycles. The Morgan fingerprint density at radius 2 is 1.79 bits per heavy atom. The van der Waals surface area contributed by atoms with Crippen LogP contribution in [0.1, 0.15) is 42.1 Å². The number of aliphatic hydroxyl groups excluding tert-OH is 1. The summed E-state index contributed by atoms with van der Waals surface area (Å²) in [5.74, 6) is 0.844. The molecule has 38 heavy (non-hydrogen) atoms. The summed E-state index contributed by atoms with van der Waals surface area (Å²) in [6, 6.07) is 23.4. The van der Waals surface area contributed by atoms with E-state index in [9.17, 15) is 4.79 Å². The van der Waals surface area contributed by atoms with Gasteiger partial charge >= 0.3 is 0 Å².